The molecule has 1 unspecified atom stereocenters. The molecule has 8 heteroatoms. The van der Waals surface area contributed by atoms with Gasteiger partial charge in [-0.1, -0.05) is 0 Å². The van der Waals surface area contributed by atoms with Crippen LogP contribution in [0, 0.1) is 19.7 Å². The van der Waals surface area contributed by atoms with Gasteiger partial charge in [0, 0.05) is 25.2 Å². The molecular weight excluding hydrogens is 319 g/mol. The van der Waals surface area contributed by atoms with E-state index in [2.05, 4.69) is 15.1 Å². The van der Waals surface area contributed by atoms with Crippen LogP contribution in [0.5, 0.6) is 0 Å². The van der Waals surface area contributed by atoms with Gasteiger partial charge >= 0.3 is 0 Å². The van der Waals surface area contributed by atoms with E-state index >= 15 is 0 Å². The van der Waals surface area contributed by atoms with E-state index in [1.165, 1.54) is 12.1 Å². The second-order valence-electron chi connectivity index (χ2n) is 5.85. The van der Waals surface area contributed by atoms with E-state index in [1.54, 1.807) is 11.6 Å². The fourth-order valence-electron chi connectivity index (χ4n) is 2.99. The molecule has 0 saturated heterocycles. The van der Waals surface area contributed by atoms with Gasteiger partial charge in [0.1, 0.15) is 11.6 Å². The highest BCUT2D eigenvalue weighted by Crippen LogP contribution is 2.25. The largest absolute Gasteiger partial charge is 0.368 e. The lowest BCUT2D eigenvalue weighted by Crippen LogP contribution is -2.43. The molecular formula is C15H19FN4O2S. The first-order valence-corrected chi connectivity index (χ1v) is 8.81. The molecule has 0 aliphatic carbocycles. The zero-order chi connectivity index (χ0) is 16.8. The van der Waals surface area contributed by atoms with Gasteiger partial charge in [-0.3, -0.25) is 4.68 Å². The maximum atomic E-state index is 13.2. The van der Waals surface area contributed by atoms with E-state index in [-0.39, 0.29) is 10.9 Å². The molecule has 1 aromatic carbocycles. The lowest BCUT2D eigenvalue weighted by Gasteiger charge is -2.25. The maximum Gasteiger partial charge on any atom is 0.241 e. The number of hydrogen-bond acceptors (Lipinski definition) is 4. The van der Waals surface area contributed by atoms with Crippen molar-refractivity contribution in [1.29, 1.82) is 0 Å². The molecule has 0 saturated carbocycles. The molecule has 2 aromatic rings. The van der Waals surface area contributed by atoms with Crippen molar-refractivity contribution in [2.45, 2.75) is 31.2 Å². The zero-order valence-electron chi connectivity index (χ0n) is 13.2. The predicted molar refractivity (Wildman–Crippen MR) is 85.4 cm³/mol. The summed E-state index contributed by atoms with van der Waals surface area (Å²) < 4.78 is 42.7. The topological polar surface area (TPSA) is 76.0 Å². The lowest BCUT2D eigenvalue weighted by molar-refractivity contribution is 0.546. The summed E-state index contributed by atoms with van der Waals surface area (Å²) in [6.45, 7) is 3.97. The Morgan fingerprint density at radius 2 is 2.13 bits per heavy atom. The number of aryl methyl sites for hydroxylation is 3. The molecule has 6 nitrogen and oxygen atoms in total. The van der Waals surface area contributed by atoms with Crippen molar-refractivity contribution < 1.29 is 12.8 Å². The van der Waals surface area contributed by atoms with Crippen molar-refractivity contribution in [2.75, 3.05) is 11.9 Å². The monoisotopic (exact) mass is 338 g/mol. The minimum absolute atomic E-state index is 0.104. The Morgan fingerprint density at radius 3 is 2.83 bits per heavy atom. The molecule has 2 heterocycles. The summed E-state index contributed by atoms with van der Waals surface area (Å²) in [6, 6.07) is 3.39. The fourth-order valence-corrected chi connectivity index (χ4v) is 4.45. The Balaban J connectivity index is 1.83. The summed E-state index contributed by atoms with van der Waals surface area (Å²) in [5, 5.41) is 7.55. The van der Waals surface area contributed by atoms with Gasteiger partial charge in [0.15, 0.2) is 0 Å². The van der Waals surface area contributed by atoms with Crippen LogP contribution in [0.15, 0.2) is 23.1 Å². The van der Waals surface area contributed by atoms with Gasteiger partial charge in [-0.15, -0.1) is 0 Å². The molecule has 124 valence electrons. The average Bonchev–Trinajstić information content (AvgIpc) is 2.72. The van der Waals surface area contributed by atoms with E-state index in [0.29, 0.717) is 18.5 Å². The van der Waals surface area contributed by atoms with Crippen molar-refractivity contribution in [1.82, 2.24) is 14.5 Å². The van der Waals surface area contributed by atoms with Gasteiger partial charge in [0.25, 0.3) is 0 Å². The van der Waals surface area contributed by atoms with Crippen LogP contribution in [-0.2, 0) is 23.5 Å². The SMILES string of the molecule is Cc1cc(F)ccc1S(=O)(=O)NC1CNc2c(c(C)nn2C)C1. The van der Waals surface area contributed by atoms with E-state index in [1.807, 2.05) is 14.0 Å². The Labute approximate surface area is 134 Å². The van der Waals surface area contributed by atoms with E-state index in [4.69, 9.17) is 0 Å². The second-order valence-corrected chi connectivity index (χ2v) is 7.53. The van der Waals surface area contributed by atoms with Gasteiger partial charge < -0.3 is 5.32 Å². The average molecular weight is 338 g/mol. The normalized spacial score (nSPS) is 17.7. The Bertz CT molecular complexity index is 861. The smallest absolute Gasteiger partial charge is 0.241 e. The maximum absolute atomic E-state index is 13.2. The first-order valence-electron chi connectivity index (χ1n) is 7.33. The van der Waals surface area contributed by atoms with Gasteiger partial charge in [0.2, 0.25) is 10.0 Å². The summed E-state index contributed by atoms with van der Waals surface area (Å²) in [6.07, 6.45) is 0.571. The van der Waals surface area contributed by atoms with Crippen LogP contribution in [0.4, 0.5) is 10.2 Å². The van der Waals surface area contributed by atoms with Gasteiger partial charge in [-0.05, 0) is 44.0 Å². The number of nitrogens with zero attached hydrogens (tertiary/aromatic N) is 2. The van der Waals surface area contributed by atoms with Crippen LogP contribution < -0.4 is 10.0 Å². The standard InChI is InChI=1S/C15H19FN4O2S/c1-9-6-11(16)4-5-14(9)23(21,22)19-12-7-13-10(2)18-20(3)15(13)17-8-12/h4-6,12,17,19H,7-8H2,1-3H3. The van der Waals surface area contributed by atoms with Crippen molar-refractivity contribution in [3.8, 4) is 0 Å². The Morgan fingerprint density at radius 1 is 1.39 bits per heavy atom. The van der Waals surface area contributed by atoms with Crippen LogP contribution in [-0.4, -0.2) is 30.8 Å². The number of hydrogen-bond donors (Lipinski definition) is 2. The van der Waals surface area contributed by atoms with Crippen molar-refractivity contribution in [3.05, 3.63) is 40.8 Å². The highest BCUT2D eigenvalue weighted by molar-refractivity contribution is 7.89. The molecule has 2 N–H and O–H groups in total. The second kappa shape index (κ2) is 5.61. The van der Waals surface area contributed by atoms with Crippen LogP contribution in [0.2, 0.25) is 0 Å². The summed E-state index contributed by atoms with van der Waals surface area (Å²) >= 11 is 0. The molecule has 1 aliphatic heterocycles. The number of fused-ring (bicyclic) bond motifs is 1. The third kappa shape index (κ3) is 2.96. The molecule has 0 bridgehead atoms. The number of nitrogens with one attached hydrogen (secondary N) is 2. The highest BCUT2D eigenvalue weighted by atomic mass is 32.2. The lowest BCUT2D eigenvalue weighted by atomic mass is 10.0. The molecule has 1 aromatic heterocycles. The van der Waals surface area contributed by atoms with E-state index < -0.39 is 15.8 Å². The molecule has 0 radical (unpaired) electrons. The molecule has 0 amide bonds. The minimum Gasteiger partial charge on any atom is -0.368 e. The fraction of sp³-hybridized carbons (Fsp3) is 0.400. The van der Waals surface area contributed by atoms with Crippen LogP contribution in [0.1, 0.15) is 16.8 Å². The summed E-state index contributed by atoms with van der Waals surface area (Å²) in [7, 11) is -1.85. The summed E-state index contributed by atoms with van der Waals surface area (Å²) in [4.78, 5) is 0.104. The van der Waals surface area contributed by atoms with Gasteiger partial charge in [0.05, 0.1) is 10.6 Å². The number of sulfonamides is 1. The number of anilines is 1. The van der Waals surface area contributed by atoms with E-state index in [9.17, 15) is 12.8 Å². The Hall–Kier alpha value is -1.93. The van der Waals surface area contributed by atoms with Crippen molar-refractivity contribution in [3.63, 3.8) is 0 Å². The summed E-state index contributed by atoms with van der Waals surface area (Å²) in [5.74, 6) is 0.479. The van der Waals surface area contributed by atoms with Crippen LogP contribution >= 0.6 is 0 Å². The molecule has 1 atom stereocenters. The highest BCUT2D eigenvalue weighted by Gasteiger charge is 2.28. The molecule has 3 rings (SSSR count). The van der Waals surface area contributed by atoms with Crippen molar-refractivity contribution >= 4 is 15.8 Å². The third-order valence-electron chi connectivity index (χ3n) is 4.06. The molecule has 0 fully saturated rings. The number of benzene rings is 1. The molecule has 1 aliphatic rings. The number of halogens is 1. The van der Waals surface area contributed by atoms with Crippen LogP contribution in [0.25, 0.3) is 0 Å². The van der Waals surface area contributed by atoms with E-state index in [0.717, 1.165) is 23.1 Å². The zero-order valence-corrected chi connectivity index (χ0v) is 14.0. The minimum atomic E-state index is -3.70. The van der Waals surface area contributed by atoms with Gasteiger partial charge in [-0.2, -0.15) is 5.10 Å². The summed E-state index contributed by atoms with van der Waals surface area (Å²) in [5.41, 5.74) is 2.29. The third-order valence-corrected chi connectivity index (χ3v) is 5.74. The van der Waals surface area contributed by atoms with Crippen molar-refractivity contribution in [2.24, 2.45) is 7.05 Å². The first-order chi connectivity index (χ1) is 10.8. The number of aromatic nitrogens is 2. The quantitative estimate of drug-likeness (QED) is 0.889. The number of rotatable bonds is 3. The molecule has 23 heavy (non-hydrogen) atoms. The predicted octanol–water partition coefficient (Wildman–Crippen LogP) is 1.49. The Kier molecular flexibility index (Phi) is 3.89. The van der Waals surface area contributed by atoms with Crippen LogP contribution in [0.3, 0.4) is 0 Å². The first kappa shape index (κ1) is 15.9. The van der Waals surface area contributed by atoms with Gasteiger partial charge in [-0.25, -0.2) is 17.5 Å². The molecule has 0 spiro atoms.